The van der Waals surface area contributed by atoms with Crippen molar-refractivity contribution in [2.24, 2.45) is 0 Å². The Labute approximate surface area is 138 Å². The smallest absolute Gasteiger partial charge is 0.303 e. The first kappa shape index (κ1) is 17.0. The molecule has 0 bridgehead atoms. The Morgan fingerprint density at radius 2 is 2.00 bits per heavy atom. The summed E-state index contributed by atoms with van der Waals surface area (Å²) in [5.41, 5.74) is 1.63. The summed E-state index contributed by atoms with van der Waals surface area (Å²) < 4.78 is 5.09. The number of aliphatic carboxylic acids is 1. The number of benzene rings is 1. The number of carbonyl (C=O) groups excluding carboxylic acids is 1. The standard InChI is InChI=1S/C16H18N2O4S/c1-10-9-23-16(17-10)18-14(19)7-12(8-15(20)21)11-3-5-13(22-2)6-4-11/h3-6,9,12H,7-8H2,1-2H3,(H,20,21)(H,17,18,19). The fourth-order valence-electron chi connectivity index (χ4n) is 2.20. The maximum absolute atomic E-state index is 12.1. The number of nitrogens with one attached hydrogen (secondary N) is 1. The van der Waals surface area contributed by atoms with Gasteiger partial charge in [0, 0.05) is 17.7 Å². The van der Waals surface area contributed by atoms with Gasteiger partial charge in [-0.2, -0.15) is 0 Å². The first-order chi connectivity index (χ1) is 11.0. The highest BCUT2D eigenvalue weighted by Crippen LogP contribution is 2.26. The second kappa shape index (κ2) is 7.73. The Morgan fingerprint density at radius 3 is 2.52 bits per heavy atom. The Balaban J connectivity index is 2.07. The summed E-state index contributed by atoms with van der Waals surface area (Å²) in [6.45, 7) is 1.84. The minimum absolute atomic E-state index is 0.0806. The minimum Gasteiger partial charge on any atom is -0.497 e. The number of thiazole rings is 1. The van der Waals surface area contributed by atoms with Gasteiger partial charge >= 0.3 is 5.97 Å². The summed E-state index contributed by atoms with van der Waals surface area (Å²) in [5.74, 6) is -0.907. The molecule has 2 rings (SSSR count). The molecule has 1 amide bonds. The first-order valence-electron chi connectivity index (χ1n) is 7.05. The maximum Gasteiger partial charge on any atom is 0.303 e. The van der Waals surface area contributed by atoms with E-state index in [0.29, 0.717) is 10.9 Å². The number of methoxy groups -OCH3 is 1. The fraction of sp³-hybridized carbons (Fsp3) is 0.312. The van der Waals surface area contributed by atoms with Crippen LogP contribution in [0.25, 0.3) is 0 Å². The number of carboxylic acids is 1. The van der Waals surface area contributed by atoms with E-state index in [0.717, 1.165) is 11.3 Å². The first-order valence-corrected chi connectivity index (χ1v) is 7.93. The van der Waals surface area contributed by atoms with E-state index in [-0.39, 0.29) is 18.7 Å². The van der Waals surface area contributed by atoms with Gasteiger partial charge in [0.05, 0.1) is 19.2 Å². The third-order valence-corrected chi connectivity index (χ3v) is 4.18. The van der Waals surface area contributed by atoms with E-state index in [2.05, 4.69) is 10.3 Å². The van der Waals surface area contributed by atoms with Gasteiger partial charge < -0.3 is 15.2 Å². The van der Waals surface area contributed by atoms with E-state index >= 15 is 0 Å². The van der Waals surface area contributed by atoms with E-state index in [9.17, 15) is 9.59 Å². The fourth-order valence-corrected chi connectivity index (χ4v) is 2.90. The molecule has 6 nitrogen and oxygen atoms in total. The summed E-state index contributed by atoms with van der Waals surface area (Å²) in [5, 5.41) is 14.2. The lowest BCUT2D eigenvalue weighted by atomic mass is 9.92. The van der Waals surface area contributed by atoms with E-state index in [4.69, 9.17) is 9.84 Å². The van der Waals surface area contributed by atoms with Crippen LogP contribution in [0.5, 0.6) is 5.75 Å². The Hall–Kier alpha value is -2.41. The molecule has 0 aliphatic carbocycles. The number of aromatic nitrogens is 1. The lowest BCUT2D eigenvalue weighted by Gasteiger charge is -2.15. The Bertz CT molecular complexity index is 682. The molecular weight excluding hydrogens is 316 g/mol. The molecule has 0 fully saturated rings. The van der Waals surface area contributed by atoms with Crippen LogP contribution in [0, 0.1) is 6.92 Å². The molecule has 0 saturated carbocycles. The normalized spacial score (nSPS) is 11.7. The number of carbonyl (C=O) groups is 2. The van der Waals surface area contributed by atoms with Crippen LogP contribution in [-0.4, -0.2) is 29.1 Å². The largest absolute Gasteiger partial charge is 0.497 e. The number of rotatable bonds is 7. The van der Waals surface area contributed by atoms with Crippen molar-refractivity contribution in [1.82, 2.24) is 4.98 Å². The molecule has 0 saturated heterocycles. The van der Waals surface area contributed by atoms with Crippen LogP contribution < -0.4 is 10.1 Å². The SMILES string of the molecule is COc1ccc(C(CC(=O)O)CC(=O)Nc2nc(C)cs2)cc1. The lowest BCUT2D eigenvalue weighted by Crippen LogP contribution is -2.17. The number of anilines is 1. The predicted molar refractivity (Wildman–Crippen MR) is 88.1 cm³/mol. The van der Waals surface area contributed by atoms with E-state index in [1.165, 1.54) is 11.3 Å². The van der Waals surface area contributed by atoms with Crippen LogP contribution in [0.3, 0.4) is 0 Å². The molecule has 23 heavy (non-hydrogen) atoms. The number of hydrogen-bond donors (Lipinski definition) is 2. The molecule has 1 atom stereocenters. The van der Waals surface area contributed by atoms with Crippen LogP contribution in [0.1, 0.15) is 30.0 Å². The zero-order valence-corrected chi connectivity index (χ0v) is 13.7. The summed E-state index contributed by atoms with van der Waals surface area (Å²) in [6, 6.07) is 7.08. The van der Waals surface area contributed by atoms with Crippen molar-refractivity contribution in [3.8, 4) is 5.75 Å². The third-order valence-electron chi connectivity index (χ3n) is 3.31. The van der Waals surface area contributed by atoms with Crippen molar-refractivity contribution in [3.63, 3.8) is 0 Å². The highest BCUT2D eigenvalue weighted by Gasteiger charge is 2.20. The molecule has 0 spiro atoms. The number of hydrogen-bond acceptors (Lipinski definition) is 5. The molecule has 0 aliphatic rings. The van der Waals surface area contributed by atoms with Crippen LogP contribution in [-0.2, 0) is 9.59 Å². The van der Waals surface area contributed by atoms with Crippen molar-refractivity contribution in [1.29, 1.82) is 0 Å². The highest BCUT2D eigenvalue weighted by molar-refractivity contribution is 7.13. The number of carboxylic acid groups (broad SMARTS) is 1. The number of aryl methyl sites for hydroxylation is 1. The lowest BCUT2D eigenvalue weighted by molar-refractivity contribution is -0.137. The van der Waals surface area contributed by atoms with Gasteiger partial charge in [0.15, 0.2) is 5.13 Å². The summed E-state index contributed by atoms with van der Waals surface area (Å²) in [4.78, 5) is 27.4. The second-order valence-electron chi connectivity index (χ2n) is 5.11. The van der Waals surface area contributed by atoms with Gasteiger partial charge in [-0.3, -0.25) is 9.59 Å². The number of nitrogens with zero attached hydrogens (tertiary/aromatic N) is 1. The van der Waals surface area contributed by atoms with Crippen molar-refractivity contribution in [2.75, 3.05) is 12.4 Å². The topological polar surface area (TPSA) is 88.5 Å². The zero-order valence-electron chi connectivity index (χ0n) is 12.9. The van der Waals surface area contributed by atoms with Crippen LogP contribution in [0.2, 0.25) is 0 Å². The van der Waals surface area contributed by atoms with Gasteiger partial charge in [-0.25, -0.2) is 4.98 Å². The molecule has 2 aromatic rings. The molecular formula is C16H18N2O4S. The van der Waals surface area contributed by atoms with Crippen molar-refractivity contribution >= 4 is 28.3 Å². The molecule has 1 aromatic heterocycles. The quantitative estimate of drug-likeness (QED) is 0.812. The maximum atomic E-state index is 12.1. The van der Waals surface area contributed by atoms with Crippen LogP contribution >= 0.6 is 11.3 Å². The average Bonchev–Trinajstić information content (AvgIpc) is 2.91. The predicted octanol–water partition coefficient (Wildman–Crippen LogP) is 3.05. The Kier molecular flexibility index (Phi) is 5.70. The monoisotopic (exact) mass is 334 g/mol. The highest BCUT2D eigenvalue weighted by atomic mass is 32.1. The number of amides is 1. The van der Waals surface area contributed by atoms with E-state index in [1.54, 1.807) is 31.4 Å². The third kappa shape index (κ3) is 5.07. The Morgan fingerprint density at radius 1 is 1.30 bits per heavy atom. The van der Waals surface area contributed by atoms with Gasteiger partial charge in [-0.1, -0.05) is 12.1 Å². The number of ether oxygens (including phenoxy) is 1. The summed E-state index contributed by atoms with van der Waals surface area (Å²) >= 11 is 1.34. The van der Waals surface area contributed by atoms with E-state index < -0.39 is 11.9 Å². The summed E-state index contributed by atoms with van der Waals surface area (Å²) in [7, 11) is 1.56. The van der Waals surface area contributed by atoms with Crippen molar-refractivity contribution in [2.45, 2.75) is 25.7 Å². The van der Waals surface area contributed by atoms with Gasteiger partial charge in [-0.15, -0.1) is 11.3 Å². The minimum atomic E-state index is -0.941. The summed E-state index contributed by atoms with van der Waals surface area (Å²) in [6.07, 6.45) is -0.0338. The molecule has 0 aliphatic heterocycles. The van der Waals surface area contributed by atoms with Crippen LogP contribution in [0.15, 0.2) is 29.6 Å². The zero-order chi connectivity index (χ0) is 16.8. The van der Waals surface area contributed by atoms with Gasteiger partial charge in [0.25, 0.3) is 0 Å². The van der Waals surface area contributed by atoms with Gasteiger partial charge in [0.2, 0.25) is 5.91 Å². The molecule has 7 heteroatoms. The molecule has 1 heterocycles. The molecule has 122 valence electrons. The van der Waals surface area contributed by atoms with Crippen LogP contribution in [0.4, 0.5) is 5.13 Å². The van der Waals surface area contributed by atoms with Gasteiger partial charge in [-0.05, 0) is 24.6 Å². The molecule has 2 N–H and O–H groups in total. The van der Waals surface area contributed by atoms with Crippen molar-refractivity contribution in [3.05, 3.63) is 40.9 Å². The molecule has 0 radical (unpaired) electrons. The van der Waals surface area contributed by atoms with Crippen molar-refractivity contribution < 1.29 is 19.4 Å². The van der Waals surface area contributed by atoms with E-state index in [1.807, 2.05) is 12.3 Å². The molecule has 1 aromatic carbocycles. The average molecular weight is 334 g/mol. The second-order valence-corrected chi connectivity index (χ2v) is 5.97. The molecule has 1 unspecified atom stereocenters. The van der Waals surface area contributed by atoms with Gasteiger partial charge in [0.1, 0.15) is 5.75 Å².